The number of hydrogen-bond donors (Lipinski definition) is 2. The van der Waals surface area contributed by atoms with Crippen LogP contribution >= 0.6 is 11.8 Å². The average Bonchev–Trinajstić information content (AvgIpc) is 2.63. The molecule has 0 spiro atoms. The lowest BCUT2D eigenvalue weighted by atomic mass is 10.3. The molecule has 0 aliphatic carbocycles. The highest BCUT2D eigenvalue weighted by Crippen LogP contribution is 2.13. The van der Waals surface area contributed by atoms with Gasteiger partial charge in [-0.05, 0) is 12.8 Å². The van der Waals surface area contributed by atoms with Gasteiger partial charge in [0.25, 0.3) is 0 Å². The third kappa shape index (κ3) is 4.61. The fraction of sp³-hybridized carbons (Fsp3) is 0.667. The number of aromatic nitrogens is 3. The van der Waals surface area contributed by atoms with Crippen molar-refractivity contribution in [1.82, 2.24) is 14.8 Å². The summed E-state index contributed by atoms with van der Waals surface area (Å²) in [5, 5.41) is 15.1. The number of thioether (sulfide) groups is 1. The van der Waals surface area contributed by atoms with E-state index in [1.807, 2.05) is 0 Å². The number of unbranched alkanes of at least 4 members (excludes halogenated alkanes) is 1. The van der Waals surface area contributed by atoms with Gasteiger partial charge in [0.05, 0.1) is 5.75 Å². The fourth-order valence-corrected chi connectivity index (χ4v) is 1.95. The summed E-state index contributed by atoms with van der Waals surface area (Å²) >= 11 is 1.03. The lowest BCUT2D eigenvalue weighted by molar-refractivity contribution is -0.133. The van der Waals surface area contributed by atoms with Gasteiger partial charge in [-0.15, -0.1) is 5.10 Å². The number of hydrogen-bond acceptors (Lipinski definition) is 5. The minimum atomic E-state index is -0.934. The second-order valence-electron chi connectivity index (χ2n) is 3.35. The van der Waals surface area contributed by atoms with E-state index in [1.54, 1.807) is 7.11 Å². The molecule has 96 valence electrons. The van der Waals surface area contributed by atoms with Crippen molar-refractivity contribution in [2.24, 2.45) is 0 Å². The van der Waals surface area contributed by atoms with Crippen LogP contribution in [0.4, 0.5) is 0 Å². The van der Waals surface area contributed by atoms with E-state index in [1.165, 1.54) is 4.57 Å². The van der Waals surface area contributed by atoms with Gasteiger partial charge in [0.15, 0.2) is 5.16 Å². The molecule has 0 saturated carbocycles. The van der Waals surface area contributed by atoms with Gasteiger partial charge in [0.1, 0.15) is 0 Å². The van der Waals surface area contributed by atoms with E-state index in [2.05, 4.69) is 10.2 Å². The Bertz CT molecular complexity index is 415. The maximum Gasteiger partial charge on any atom is 0.343 e. The minimum absolute atomic E-state index is 0.109. The topological polar surface area (TPSA) is 97.2 Å². The van der Waals surface area contributed by atoms with Crippen molar-refractivity contribution in [3.63, 3.8) is 0 Å². The van der Waals surface area contributed by atoms with Crippen molar-refractivity contribution in [3.05, 3.63) is 10.5 Å². The predicted octanol–water partition coefficient (Wildman–Crippen LogP) is 0.175. The van der Waals surface area contributed by atoms with Crippen molar-refractivity contribution in [2.75, 3.05) is 19.5 Å². The standard InChI is InChI=1S/C9H15N3O4S/c1-16-5-3-2-4-12-8(15)10-11-9(12)17-6-7(13)14/h2-6H2,1H3,(H,10,15)(H,13,14). The number of carboxylic acids is 1. The van der Waals surface area contributed by atoms with Crippen LogP contribution in [0.3, 0.4) is 0 Å². The number of H-pyrrole nitrogens is 1. The molecule has 1 aromatic heterocycles. The van der Waals surface area contributed by atoms with Crippen molar-refractivity contribution in [1.29, 1.82) is 0 Å². The molecule has 1 aromatic rings. The molecular weight excluding hydrogens is 246 g/mol. The molecule has 0 unspecified atom stereocenters. The second-order valence-corrected chi connectivity index (χ2v) is 4.29. The lowest BCUT2D eigenvalue weighted by Crippen LogP contribution is -2.18. The maximum absolute atomic E-state index is 11.4. The van der Waals surface area contributed by atoms with E-state index in [0.29, 0.717) is 18.3 Å². The summed E-state index contributed by atoms with van der Waals surface area (Å²) in [5.74, 6) is -1.04. The first-order valence-electron chi connectivity index (χ1n) is 5.14. The Balaban J connectivity index is 2.53. The molecule has 0 radical (unpaired) electrons. The highest BCUT2D eigenvalue weighted by atomic mass is 32.2. The van der Waals surface area contributed by atoms with Crippen LogP contribution in [0.1, 0.15) is 12.8 Å². The molecule has 17 heavy (non-hydrogen) atoms. The molecule has 0 aliphatic rings. The Labute approximate surface area is 102 Å². The second kappa shape index (κ2) is 7.13. The monoisotopic (exact) mass is 261 g/mol. The molecule has 8 heteroatoms. The van der Waals surface area contributed by atoms with Gasteiger partial charge in [-0.2, -0.15) is 0 Å². The van der Waals surface area contributed by atoms with Crippen molar-refractivity contribution in [2.45, 2.75) is 24.5 Å². The molecule has 0 aliphatic heterocycles. The highest BCUT2D eigenvalue weighted by Gasteiger charge is 2.10. The van der Waals surface area contributed by atoms with Crippen molar-refractivity contribution >= 4 is 17.7 Å². The Morgan fingerprint density at radius 1 is 1.59 bits per heavy atom. The number of carbonyl (C=O) groups is 1. The molecule has 0 bridgehead atoms. The number of aliphatic carboxylic acids is 1. The van der Waals surface area contributed by atoms with Gasteiger partial charge in [0, 0.05) is 20.3 Å². The first-order chi connectivity index (χ1) is 8.15. The zero-order valence-corrected chi connectivity index (χ0v) is 10.3. The zero-order chi connectivity index (χ0) is 12.7. The van der Waals surface area contributed by atoms with E-state index in [4.69, 9.17) is 9.84 Å². The van der Waals surface area contributed by atoms with E-state index in [9.17, 15) is 9.59 Å². The smallest absolute Gasteiger partial charge is 0.343 e. The number of ether oxygens (including phenoxy) is 1. The number of carboxylic acid groups (broad SMARTS) is 1. The number of nitrogens with one attached hydrogen (secondary N) is 1. The van der Waals surface area contributed by atoms with E-state index in [-0.39, 0.29) is 11.4 Å². The molecular formula is C9H15N3O4S. The summed E-state index contributed by atoms with van der Waals surface area (Å²) in [7, 11) is 1.62. The zero-order valence-electron chi connectivity index (χ0n) is 9.51. The molecule has 0 atom stereocenters. The molecule has 0 saturated heterocycles. The Morgan fingerprint density at radius 3 is 3.00 bits per heavy atom. The van der Waals surface area contributed by atoms with Gasteiger partial charge in [-0.1, -0.05) is 11.8 Å². The van der Waals surface area contributed by atoms with Crippen LogP contribution in [0, 0.1) is 0 Å². The third-order valence-corrected chi connectivity index (χ3v) is 2.99. The molecule has 1 heterocycles. The van der Waals surface area contributed by atoms with Crippen LogP contribution in [0.25, 0.3) is 0 Å². The van der Waals surface area contributed by atoms with Gasteiger partial charge in [-0.25, -0.2) is 9.89 Å². The normalized spacial score (nSPS) is 10.6. The SMILES string of the molecule is COCCCCn1c(SCC(=O)O)n[nH]c1=O. The Morgan fingerprint density at radius 2 is 2.35 bits per heavy atom. The van der Waals surface area contributed by atoms with E-state index >= 15 is 0 Å². The van der Waals surface area contributed by atoms with E-state index < -0.39 is 5.97 Å². The average molecular weight is 261 g/mol. The minimum Gasteiger partial charge on any atom is -0.481 e. The Hall–Kier alpha value is -1.28. The van der Waals surface area contributed by atoms with Crippen LogP contribution < -0.4 is 5.69 Å². The first kappa shape index (κ1) is 13.8. The number of rotatable bonds is 8. The molecule has 1 rings (SSSR count). The Kier molecular flexibility index (Phi) is 5.78. The van der Waals surface area contributed by atoms with Crippen LogP contribution in [0.15, 0.2) is 9.95 Å². The van der Waals surface area contributed by atoms with Gasteiger partial charge >= 0.3 is 11.7 Å². The van der Waals surface area contributed by atoms with Gasteiger partial charge in [0.2, 0.25) is 0 Å². The van der Waals surface area contributed by atoms with Crippen LogP contribution in [0.5, 0.6) is 0 Å². The fourth-order valence-electron chi connectivity index (χ4n) is 1.25. The van der Waals surface area contributed by atoms with Crippen molar-refractivity contribution < 1.29 is 14.6 Å². The lowest BCUT2D eigenvalue weighted by Gasteiger charge is -2.03. The van der Waals surface area contributed by atoms with E-state index in [0.717, 1.165) is 24.6 Å². The summed E-state index contributed by atoms with van der Waals surface area (Å²) in [6.45, 7) is 1.16. The van der Waals surface area contributed by atoms with Gasteiger partial charge < -0.3 is 9.84 Å². The molecule has 0 aromatic carbocycles. The van der Waals surface area contributed by atoms with Crippen LogP contribution in [-0.2, 0) is 16.1 Å². The quantitative estimate of drug-likeness (QED) is 0.511. The number of aromatic amines is 1. The molecule has 2 N–H and O–H groups in total. The number of nitrogens with zero attached hydrogens (tertiary/aromatic N) is 2. The predicted molar refractivity (Wildman–Crippen MR) is 62.3 cm³/mol. The molecule has 7 nitrogen and oxygen atoms in total. The van der Waals surface area contributed by atoms with Crippen LogP contribution in [0.2, 0.25) is 0 Å². The maximum atomic E-state index is 11.4. The summed E-state index contributed by atoms with van der Waals surface area (Å²) < 4.78 is 6.35. The van der Waals surface area contributed by atoms with Crippen LogP contribution in [-0.4, -0.2) is 45.3 Å². The number of methoxy groups -OCH3 is 1. The highest BCUT2D eigenvalue weighted by molar-refractivity contribution is 7.99. The molecule has 0 fully saturated rings. The van der Waals surface area contributed by atoms with Crippen molar-refractivity contribution in [3.8, 4) is 0 Å². The first-order valence-corrected chi connectivity index (χ1v) is 6.12. The van der Waals surface area contributed by atoms with Gasteiger partial charge in [-0.3, -0.25) is 9.36 Å². The summed E-state index contributed by atoms with van der Waals surface area (Å²) in [6.07, 6.45) is 1.63. The third-order valence-electron chi connectivity index (χ3n) is 2.03. The summed E-state index contributed by atoms with van der Waals surface area (Å²) in [5.41, 5.74) is -0.310. The summed E-state index contributed by atoms with van der Waals surface area (Å²) in [6, 6.07) is 0. The summed E-state index contributed by atoms with van der Waals surface area (Å²) in [4.78, 5) is 21.8. The molecule has 0 amide bonds. The largest absolute Gasteiger partial charge is 0.481 e.